The molecule has 1 aromatic heterocycles. The molecule has 0 fully saturated rings. The van der Waals surface area contributed by atoms with E-state index in [1.165, 1.54) is 0 Å². The van der Waals surface area contributed by atoms with E-state index in [1.807, 2.05) is 6.07 Å². The molecule has 20 heteroatoms. The number of ether oxygens (including phenoxy) is 1. The quantitative estimate of drug-likeness (QED) is 0.0330. The van der Waals surface area contributed by atoms with Crippen molar-refractivity contribution in [3.63, 3.8) is 0 Å². The van der Waals surface area contributed by atoms with Gasteiger partial charge in [-0.3, -0.25) is 34.4 Å². The number of benzene rings is 1. The average molecular weight is 704 g/mol. The molecule has 14 N–H and O–H groups in total. The number of hydrogen-bond acceptors (Lipinski definition) is 12. The second-order valence-corrected chi connectivity index (χ2v) is 11.2. The van der Waals surface area contributed by atoms with E-state index in [0.717, 1.165) is 5.56 Å². The van der Waals surface area contributed by atoms with Crippen molar-refractivity contribution in [2.75, 3.05) is 37.2 Å². The summed E-state index contributed by atoms with van der Waals surface area (Å²) in [4.78, 5) is 74.8. The van der Waals surface area contributed by atoms with Crippen molar-refractivity contribution in [3.8, 4) is 0 Å². The number of carbonyl (C=O) groups is 5. The van der Waals surface area contributed by atoms with Crippen LogP contribution in [0.15, 0.2) is 35.3 Å². The summed E-state index contributed by atoms with van der Waals surface area (Å²) in [6.45, 7) is 2.23. The summed E-state index contributed by atoms with van der Waals surface area (Å²) in [5, 5.41) is 19.9. The zero-order valence-electron chi connectivity index (χ0n) is 27.0. The highest BCUT2D eigenvalue weighted by Gasteiger charge is 2.26. The number of amidine groups is 1. The third-order valence-electron chi connectivity index (χ3n) is 6.49. The van der Waals surface area contributed by atoms with Crippen LogP contribution in [0.1, 0.15) is 37.9 Å². The molecule has 0 aliphatic carbocycles. The first-order valence-electron chi connectivity index (χ1n) is 15.0. The zero-order chi connectivity index (χ0) is 36.5. The van der Waals surface area contributed by atoms with Gasteiger partial charge in [0.2, 0.25) is 23.6 Å². The SMILES string of the molecule is CC(C)[C@H](Nc1nc(N)c(C(=N)N)nc1Cl)C(=O)NCC(=O)N[C@@H](CCCN=C(N)N)C(=O)NCC(=O)NCC(=O)OCc1ccccc1. The summed E-state index contributed by atoms with van der Waals surface area (Å²) in [5.74, 6) is -4.49. The van der Waals surface area contributed by atoms with Crippen molar-refractivity contribution in [3.05, 3.63) is 46.7 Å². The fraction of sp³-hybridized carbons (Fsp3) is 0.414. The van der Waals surface area contributed by atoms with Crippen LogP contribution in [0, 0.1) is 11.3 Å². The summed E-state index contributed by atoms with van der Waals surface area (Å²) in [5.41, 5.74) is 22.6. The molecule has 2 aromatic rings. The van der Waals surface area contributed by atoms with E-state index >= 15 is 0 Å². The molecule has 49 heavy (non-hydrogen) atoms. The van der Waals surface area contributed by atoms with Crippen LogP contribution < -0.4 is 49.5 Å². The number of anilines is 2. The number of nitrogens with one attached hydrogen (secondary N) is 6. The third kappa shape index (κ3) is 14.3. The van der Waals surface area contributed by atoms with Crippen molar-refractivity contribution >= 4 is 64.6 Å². The van der Waals surface area contributed by atoms with E-state index in [4.69, 9.17) is 44.7 Å². The number of esters is 1. The zero-order valence-corrected chi connectivity index (χ0v) is 27.8. The Balaban J connectivity index is 1.93. The van der Waals surface area contributed by atoms with Crippen LogP contribution in [0.5, 0.6) is 0 Å². The minimum atomic E-state index is -1.13. The fourth-order valence-electron chi connectivity index (χ4n) is 4.01. The van der Waals surface area contributed by atoms with Crippen LogP contribution in [-0.2, 0) is 35.3 Å². The van der Waals surface area contributed by atoms with Crippen molar-refractivity contribution in [1.29, 1.82) is 5.41 Å². The molecule has 0 spiro atoms. The fourth-order valence-corrected chi connectivity index (χ4v) is 4.19. The average Bonchev–Trinajstić information content (AvgIpc) is 3.05. The molecule has 2 atom stereocenters. The van der Waals surface area contributed by atoms with Gasteiger partial charge in [-0.15, -0.1) is 0 Å². The van der Waals surface area contributed by atoms with Gasteiger partial charge in [0.05, 0.1) is 13.1 Å². The molecule has 0 radical (unpaired) electrons. The van der Waals surface area contributed by atoms with Crippen molar-refractivity contribution in [2.45, 2.75) is 45.4 Å². The lowest BCUT2D eigenvalue weighted by Gasteiger charge is -2.23. The van der Waals surface area contributed by atoms with Gasteiger partial charge in [-0.1, -0.05) is 55.8 Å². The lowest BCUT2D eigenvalue weighted by Crippen LogP contribution is -2.52. The van der Waals surface area contributed by atoms with E-state index in [9.17, 15) is 24.0 Å². The van der Waals surface area contributed by atoms with E-state index < -0.39 is 67.2 Å². The first kappa shape index (κ1) is 39.5. The maximum Gasteiger partial charge on any atom is 0.325 e. The van der Waals surface area contributed by atoms with Crippen LogP contribution >= 0.6 is 11.6 Å². The smallest absolute Gasteiger partial charge is 0.325 e. The number of aromatic nitrogens is 2. The molecule has 0 aliphatic heterocycles. The van der Waals surface area contributed by atoms with Gasteiger partial charge in [-0.25, -0.2) is 9.97 Å². The third-order valence-corrected chi connectivity index (χ3v) is 6.76. The number of rotatable bonds is 19. The van der Waals surface area contributed by atoms with Crippen LogP contribution in [0.2, 0.25) is 5.15 Å². The van der Waals surface area contributed by atoms with E-state index in [-0.39, 0.29) is 60.4 Å². The van der Waals surface area contributed by atoms with Gasteiger partial charge in [0.25, 0.3) is 0 Å². The van der Waals surface area contributed by atoms with Gasteiger partial charge in [-0.05, 0) is 24.3 Å². The van der Waals surface area contributed by atoms with E-state index in [2.05, 4.69) is 41.5 Å². The molecule has 0 unspecified atom stereocenters. The molecule has 0 saturated carbocycles. The lowest BCUT2D eigenvalue weighted by molar-refractivity contribution is -0.145. The van der Waals surface area contributed by atoms with Crippen LogP contribution in [0.25, 0.3) is 0 Å². The highest BCUT2D eigenvalue weighted by Crippen LogP contribution is 2.22. The summed E-state index contributed by atoms with van der Waals surface area (Å²) >= 11 is 6.15. The van der Waals surface area contributed by atoms with E-state index in [1.54, 1.807) is 38.1 Å². The molecule has 1 heterocycles. The lowest BCUT2D eigenvalue weighted by atomic mass is 10.0. The van der Waals surface area contributed by atoms with Crippen molar-refractivity contribution < 1.29 is 28.7 Å². The van der Waals surface area contributed by atoms with Gasteiger partial charge in [-0.2, -0.15) is 0 Å². The number of nitrogens with two attached hydrogens (primary N) is 4. The second-order valence-electron chi connectivity index (χ2n) is 10.8. The summed E-state index contributed by atoms with van der Waals surface area (Å²) in [7, 11) is 0. The molecular formula is C29H42ClN13O6. The topological polar surface area (TPSA) is 321 Å². The molecule has 4 amide bonds. The Kier molecular flexibility index (Phi) is 16.0. The monoisotopic (exact) mass is 703 g/mol. The molecule has 1 aromatic carbocycles. The first-order chi connectivity index (χ1) is 23.2. The molecule has 19 nitrogen and oxygen atoms in total. The normalized spacial score (nSPS) is 11.8. The van der Waals surface area contributed by atoms with Crippen LogP contribution in [0.3, 0.4) is 0 Å². The second kappa shape index (κ2) is 19.8. The Morgan fingerprint density at radius 3 is 2.22 bits per heavy atom. The van der Waals surface area contributed by atoms with Gasteiger partial charge in [0, 0.05) is 6.54 Å². The minimum absolute atomic E-state index is 0.0342. The number of nitrogens with zero attached hydrogens (tertiary/aromatic N) is 3. The number of halogens is 1. The van der Waals surface area contributed by atoms with Crippen LogP contribution in [0.4, 0.5) is 11.6 Å². The molecule has 0 bridgehead atoms. The molecule has 0 saturated heterocycles. The first-order valence-corrected chi connectivity index (χ1v) is 15.4. The molecule has 0 aliphatic rings. The maximum absolute atomic E-state index is 13.0. The standard InChI is InChI=1S/C29H42ClN13O6/c1-15(2)21(42-26-23(30)41-22(24(31)32)25(33)43-26)28(48)39-12-19(45)40-17(9-6-10-36-29(34)35)27(47)38-11-18(44)37-13-20(46)49-14-16-7-4-3-5-8-16/h3-5,7-8,15,17,21H,6,9-14H2,1-2H3,(H3,31,32)(H,37,44)(H,38,47)(H,39,48)(H,40,45)(H3,33,42,43)(H4,34,35,36)/t17-,21-/m0/s1. The molecule has 2 rings (SSSR count). The Morgan fingerprint density at radius 1 is 0.939 bits per heavy atom. The van der Waals surface area contributed by atoms with Gasteiger partial charge >= 0.3 is 5.97 Å². The number of guanidine groups is 1. The minimum Gasteiger partial charge on any atom is -0.460 e. The summed E-state index contributed by atoms with van der Waals surface area (Å²) in [6.07, 6.45) is 0.371. The predicted molar refractivity (Wildman–Crippen MR) is 182 cm³/mol. The summed E-state index contributed by atoms with van der Waals surface area (Å²) < 4.78 is 5.10. The van der Waals surface area contributed by atoms with Gasteiger partial charge < -0.3 is 54.3 Å². The molecule has 266 valence electrons. The Labute approximate surface area is 287 Å². The largest absolute Gasteiger partial charge is 0.460 e. The number of aliphatic imine (C=N–C) groups is 1. The van der Waals surface area contributed by atoms with Gasteiger partial charge in [0.15, 0.2) is 22.7 Å². The Bertz CT molecular complexity index is 1520. The highest BCUT2D eigenvalue weighted by molar-refractivity contribution is 6.32. The molecular weight excluding hydrogens is 662 g/mol. The summed E-state index contributed by atoms with van der Waals surface area (Å²) in [6, 6.07) is 6.90. The Hall–Kier alpha value is -5.72. The van der Waals surface area contributed by atoms with Gasteiger partial charge in [0.1, 0.15) is 36.8 Å². The number of nitrogen functional groups attached to an aromatic ring is 2. The van der Waals surface area contributed by atoms with E-state index in [0.29, 0.717) is 0 Å². The number of amides is 4. The van der Waals surface area contributed by atoms with Crippen molar-refractivity contribution in [2.24, 2.45) is 28.1 Å². The highest BCUT2D eigenvalue weighted by atomic mass is 35.5. The Morgan fingerprint density at radius 2 is 1.59 bits per heavy atom. The van der Waals surface area contributed by atoms with Crippen molar-refractivity contribution in [1.82, 2.24) is 31.2 Å². The number of hydrogen-bond donors (Lipinski definition) is 10. The maximum atomic E-state index is 13.0. The predicted octanol–water partition coefficient (Wildman–Crippen LogP) is -1.94. The van der Waals surface area contributed by atoms with Crippen LogP contribution in [-0.4, -0.2) is 89.6 Å². The number of carbonyl (C=O) groups excluding carboxylic acids is 5.